The van der Waals surface area contributed by atoms with Crippen LogP contribution in [0.4, 0.5) is 0 Å². The summed E-state index contributed by atoms with van der Waals surface area (Å²) in [5.74, 6) is 5.19. The van der Waals surface area contributed by atoms with Crippen molar-refractivity contribution in [2.45, 2.75) is 32.6 Å². The van der Waals surface area contributed by atoms with E-state index in [-0.39, 0.29) is 23.5 Å². The van der Waals surface area contributed by atoms with Crippen molar-refractivity contribution in [3.8, 4) is 0 Å². The molecular weight excluding hydrogens is 206 g/mol. The average molecular weight is 227 g/mol. The fourth-order valence-corrected chi connectivity index (χ4v) is 2.38. The van der Waals surface area contributed by atoms with Gasteiger partial charge in [-0.25, -0.2) is 5.84 Å². The predicted molar refractivity (Wildman–Crippen MR) is 61.1 cm³/mol. The molecule has 92 valence electrons. The Morgan fingerprint density at radius 2 is 1.81 bits per heavy atom. The molecule has 0 aromatic rings. The van der Waals surface area contributed by atoms with E-state index in [2.05, 4.69) is 0 Å². The minimum absolute atomic E-state index is 0.0965. The van der Waals surface area contributed by atoms with Crippen LogP contribution in [0, 0.1) is 11.8 Å². The van der Waals surface area contributed by atoms with E-state index in [1.54, 1.807) is 6.92 Å². The molecule has 4 N–H and O–H groups in total. The second-order valence-electron chi connectivity index (χ2n) is 4.43. The van der Waals surface area contributed by atoms with Crippen molar-refractivity contribution in [3.63, 3.8) is 0 Å². The van der Waals surface area contributed by atoms with Gasteiger partial charge in [0, 0.05) is 24.9 Å². The van der Waals surface area contributed by atoms with Crippen LogP contribution in [0.2, 0.25) is 0 Å². The third kappa shape index (κ3) is 3.02. The molecule has 1 amide bonds. The maximum atomic E-state index is 12.0. The van der Waals surface area contributed by atoms with E-state index in [4.69, 9.17) is 11.6 Å². The number of Topliss-reactive ketones (excluding diaryl/α,β-unsaturated/α-hetero) is 1. The Kier molecular flexibility index (Phi) is 4.89. The molecular formula is C11H21N3O2. The smallest absolute Gasteiger partial charge is 0.240 e. The first-order valence-electron chi connectivity index (χ1n) is 5.84. The number of nitrogens with two attached hydrogens (primary N) is 2. The Balaban J connectivity index is 2.67. The Morgan fingerprint density at radius 1 is 1.25 bits per heavy atom. The van der Waals surface area contributed by atoms with E-state index in [1.807, 2.05) is 0 Å². The Labute approximate surface area is 96.1 Å². The summed E-state index contributed by atoms with van der Waals surface area (Å²) in [7, 11) is 0. The average Bonchev–Trinajstić information content (AvgIpc) is 2.28. The normalized spacial score (nSPS) is 25.2. The molecule has 5 heteroatoms. The lowest BCUT2D eigenvalue weighted by Gasteiger charge is -2.31. The summed E-state index contributed by atoms with van der Waals surface area (Å²) in [6, 6.07) is 0. The van der Waals surface area contributed by atoms with Gasteiger partial charge in [-0.1, -0.05) is 12.8 Å². The van der Waals surface area contributed by atoms with Gasteiger partial charge in [0.15, 0.2) is 0 Å². The van der Waals surface area contributed by atoms with Crippen molar-refractivity contribution >= 4 is 11.7 Å². The second kappa shape index (κ2) is 5.96. The van der Waals surface area contributed by atoms with Crippen molar-refractivity contribution in [1.29, 1.82) is 0 Å². The zero-order valence-electron chi connectivity index (χ0n) is 9.82. The predicted octanol–water partition coefficient (Wildman–Crippen LogP) is 0.0428. The molecule has 1 aliphatic carbocycles. The summed E-state index contributed by atoms with van der Waals surface area (Å²) < 4.78 is 0. The molecule has 0 unspecified atom stereocenters. The number of amides is 1. The number of ketones is 1. The van der Waals surface area contributed by atoms with Crippen molar-refractivity contribution in [3.05, 3.63) is 0 Å². The van der Waals surface area contributed by atoms with E-state index in [0.29, 0.717) is 13.1 Å². The third-order valence-electron chi connectivity index (χ3n) is 3.26. The summed E-state index contributed by atoms with van der Waals surface area (Å²) >= 11 is 0. The maximum absolute atomic E-state index is 12.0. The third-order valence-corrected chi connectivity index (χ3v) is 3.26. The molecule has 0 radical (unpaired) electrons. The number of hydrogen-bond donors (Lipinski definition) is 2. The number of hydrazine groups is 1. The topological polar surface area (TPSA) is 89.4 Å². The van der Waals surface area contributed by atoms with Crippen LogP contribution in [0.3, 0.4) is 0 Å². The van der Waals surface area contributed by atoms with Crippen LogP contribution < -0.4 is 11.6 Å². The minimum atomic E-state index is -0.234. The van der Waals surface area contributed by atoms with Gasteiger partial charge in [0.25, 0.3) is 0 Å². The monoisotopic (exact) mass is 227 g/mol. The van der Waals surface area contributed by atoms with Gasteiger partial charge in [-0.05, 0) is 19.8 Å². The number of carbonyl (C=O) groups is 2. The number of rotatable bonds is 4. The van der Waals surface area contributed by atoms with Crippen molar-refractivity contribution in [1.82, 2.24) is 5.01 Å². The van der Waals surface area contributed by atoms with Crippen molar-refractivity contribution < 1.29 is 9.59 Å². The van der Waals surface area contributed by atoms with E-state index >= 15 is 0 Å². The summed E-state index contributed by atoms with van der Waals surface area (Å²) in [6.07, 6.45) is 3.59. The van der Waals surface area contributed by atoms with Crippen LogP contribution >= 0.6 is 0 Å². The van der Waals surface area contributed by atoms with Gasteiger partial charge in [-0.3, -0.25) is 14.6 Å². The lowest BCUT2D eigenvalue weighted by atomic mass is 9.76. The van der Waals surface area contributed by atoms with E-state index < -0.39 is 0 Å². The Hall–Kier alpha value is -0.940. The van der Waals surface area contributed by atoms with Crippen molar-refractivity contribution in [2.24, 2.45) is 23.4 Å². The molecule has 0 saturated heterocycles. The highest BCUT2D eigenvalue weighted by Crippen LogP contribution is 2.31. The largest absolute Gasteiger partial charge is 0.329 e. The van der Waals surface area contributed by atoms with Crippen LogP contribution in [-0.4, -0.2) is 29.8 Å². The van der Waals surface area contributed by atoms with Crippen LogP contribution in [-0.2, 0) is 9.59 Å². The van der Waals surface area contributed by atoms with Gasteiger partial charge in [-0.15, -0.1) is 0 Å². The zero-order chi connectivity index (χ0) is 12.1. The minimum Gasteiger partial charge on any atom is -0.329 e. The lowest BCUT2D eigenvalue weighted by molar-refractivity contribution is -0.142. The molecule has 16 heavy (non-hydrogen) atoms. The summed E-state index contributed by atoms with van der Waals surface area (Å²) in [6.45, 7) is 2.25. The van der Waals surface area contributed by atoms with Gasteiger partial charge < -0.3 is 5.73 Å². The molecule has 0 aromatic heterocycles. The first-order valence-corrected chi connectivity index (χ1v) is 5.84. The first-order chi connectivity index (χ1) is 7.57. The highest BCUT2D eigenvalue weighted by atomic mass is 16.2. The molecule has 1 saturated carbocycles. The van der Waals surface area contributed by atoms with Crippen LogP contribution in [0.15, 0.2) is 0 Å². The molecule has 0 aromatic carbocycles. The van der Waals surface area contributed by atoms with Crippen LogP contribution in [0.25, 0.3) is 0 Å². The van der Waals surface area contributed by atoms with Gasteiger partial charge in [0.05, 0.1) is 0 Å². The molecule has 1 aliphatic rings. The van der Waals surface area contributed by atoms with E-state index in [1.165, 1.54) is 0 Å². The molecule has 1 fully saturated rings. The summed E-state index contributed by atoms with van der Waals surface area (Å²) in [5, 5.41) is 1.16. The highest BCUT2D eigenvalue weighted by molar-refractivity contribution is 5.87. The molecule has 1 rings (SSSR count). The Bertz CT molecular complexity index is 268. The van der Waals surface area contributed by atoms with Gasteiger partial charge in [0.1, 0.15) is 5.78 Å². The fourth-order valence-electron chi connectivity index (χ4n) is 2.38. The van der Waals surface area contributed by atoms with Crippen molar-refractivity contribution in [2.75, 3.05) is 13.1 Å². The fraction of sp³-hybridized carbons (Fsp3) is 0.818. The summed E-state index contributed by atoms with van der Waals surface area (Å²) in [4.78, 5) is 23.5. The van der Waals surface area contributed by atoms with E-state index in [9.17, 15) is 9.59 Å². The number of nitrogens with zero attached hydrogens (tertiary/aromatic N) is 1. The second-order valence-corrected chi connectivity index (χ2v) is 4.43. The molecule has 0 bridgehead atoms. The Morgan fingerprint density at radius 3 is 2.31 bits per heavy atom. The molecule has 0 spiro atoms. The van der Waals surface area contributed by atoms with Crippen LogP contribution in [0.5, 0.6) is 0 Å². The lowest BCUT2D eigenvalue weighted by Crippen LogP contribution is -2.47. The number of hydrogen-bond acceptors (Lipinski definition) is 4. The zero-order valence-corrected chi connectivity index (χ0v) is 9.82. The first kappa shape index (κ1) is 13.1. The summed E-state index contributed by atoms with van der Waals surface area (Å²) in [5.41, 5.74) is 5.35. The van der Waals surface area contributed by atoms with Gasteiger partial charge in [-0.2, -0.15) is 0 Å². The highest BCUT2D eigenvalue weighted by Gasteiger charge is 2.35. The van der Waals surface area contributed by atoms with Crippen LogP contribution in [0.1, 0.15) is 32.6 Å². The number of carbonyl (C=O) groups excluding carboxylic acids is 2. The SMILES string of the molecule is CC(=O)[C@@H]1CCCC[C@@H]1C(=O)N(N)CCN. The molecule has 0 aliphatic heterocycles. The van der Waals surface area contributed by atoms with Gasteiger partial charge in [0.2, 0.25) is 5.91 Å². The van der Waals surface area contributed by atoms with E-state index in [0.717, 1.165) is 30.7 Å². The van der Waals surface area contributed by atoms with Gasteiger partial charge >= 0.3 is 0 Å². The molecule has 2 atom stereocenters. The quantitative estimate of drug-likeness (QED) is 0.403. The standard InChI is InChI=1S/C11H21N3O2/c1-8(15)9-4-2-3-5-10(9)11(16)14(13)7-6-12/h9-10H,2-7,12-13H2,1H3/t9-,10-/m0/s1. The molecule has 0 heterocycles. The maximum Gasteiger partial charge on any atom is 0.240 e. The molecule has 5 nitrogen and oxygen atoms in total.